The maximum Gasteiger partial charge on any atom is 0.321 e. The van der Waals surface area contributed by atoms with E-state index in [0.717, 1.165) is 25.9 Å². The van der Waals surface area contributed by atoms with Crippen molar-refractivity contribution < 1.29 is 9.53 Å². The Labute approximate surface area is 113 Å². The molecule has 1 aliphatic rings. The maximum atomic E-state index is 12.2. The van der Waals surface area contributed by atoms with E-state index in [1.165, 1.54) is 0 Å². The van der Waals surface area contributed by atoms with Gasteiger partial charge in [0.05, 0.1) is 12.8 Å². The van der Waals surface area contributed by atoms with Gasteiger partial charge in [-0.2, -0.15) is 0 Å². The molecule has 0 saturated carbocycles. The molecule has 0 radical (unpaired) electrons. The Kier molecular flexibility index (Phi) is 4.63. The number of para-hydroxylation sites is 2. The second kappa shape index (κ2) is 6.43. The standard InChI is InChI=1S/C14H21N3O2/c1-19-13-5-3-2-4-12(13)16-14(18)17-8-6-11(10-15)7-9-17/h2-5,11H,6-10,15H2,1H3,(H,16,18). The van der Waals surface area contributed by atoms with Gasteiger partial charge in [0.15, 0.2) is 0 Å². The van der Waals surface area contributed by atoms with Crippen molar-refractivity contribution in [3.8, 4) is 5.75 Å². The molecule has 0 aromatic heterocycles. The summed E-state index contributed by atoms with van der Waals surface area (Å²) in [6.45, 7) is 2.24. The predicted molar refractivity (Wildman–Crippen MR) is 75.4 cm³/mol. The van der Waals surface area contributed by atoms with Crippen molar-refractivity contribution in [1.82, 2.24) is 4.90 Å². The number of likely N-dealkylation sites (tertiary alicyclic amines) is 1. The first-order chi connectivity index (χ1) is 9.24. The zero-order chi connectivity index (χ0) is 13.7. The third-order valence-corrected chi connectivity index (χ3v) is 3.58. The highest BCUT2D eigenvalue weighted by atomic mass is 16.5. The number of carbonyl (C=O) groups is 1. The van der Waals surface area contributed by atoms with Crippen LogP contribution in [-0.2, 0) is 0 Å². The number of hydrogen-bond acceptors (Lipinski definition) is 3. The zero-order valence-electron chi connectivity index (χ0n) is 11.3. The number of ether oxygens (including phenoxy) is 1. The minimum Gasteiger partial charge on any atom is -0.495 e. The van der Waals surface area contributed by atoms with Crippen LogP contribution < -0.4 is 15.8 Å². The quantitative estimate of drug-likeness (QED) is 0.875. The molecule has 0 unspecified atom stereocenters. The lowest BCUT2D eigenvalue weighted by atomic mass is 9.97. The maximum absolute atomic E-state index is 12.2. The molecule has 1 fully saturated rings. The predicted octanol–water partition coefficient (Wildman–Crippen LogP) is 1.90. The van der Waals surface area contributed by atoms with E-state index in [2.05, 4.69) is 5.32 Å². The highest BCUT2D eigenvalue weighted by Gasteiger charge is 2.22. The number of amides is 2. The molecular weight excluding hydrogens is 242 g/mol. The van der Waals surface area contributed by atoms with Crippen LogP contribution in [0.4, 0.5) is 10.5 Å². The first-order valence-electron chi connectivity index (χ1n) is 6.63. The van der Waals surface area contributed by atoms with Gasteiger partial charge in [0.25, 0.3) is 0 Å². The average molecular weight is 263 g/mol. The summed E-state index contributed by atoms with van der Waals surface area (Å²) >= 11 is 0. The second-order valence-corrected chi connectivity index (χ2v) is 4.80. The van der Waals surface area contributed by atoms with Crippen LogP contribution in [0.3, 0.4) is 0 Å². The van der Waals surface area contributed by atoms with Gasteiger partial charge >= 0.3 is 6.03 Å². The molecule has 104 valence electrons. The Morgan fingerprint density at radius 1 is 1.42 bits per heavy atom. The molecule has 1 aromatic carbocycles. The fourth-order valence-electron chi connectivity index (χ4n) is 2.31. The van der Waals surface area contributed by atoms with E-state index in [9.17, 15) is 4.79 Å². The fraction of sp³-hybridized carbons (Fsp3) is 0.500. The molecule has 0 spiro atoms. The molecule has 1 aromatic rings. The van der Waals surface area contributed by atoms with Crippen molar-refractivity contribution >= 4 is 11.7 Å². The molecule has 1 saturated heterocycles. The van der Waals surface area contributed by atoms with Gasteiger partial charge in [-0.25, -0.2) is 4.79 Å². The van der Waals surface area contributed by atoms with Gasteiger partial charge in [-0.1, -0.05) is 12.1 Å². The number of anilines is 1. The van der Waals surface area contributed by atoms with Crippen LogP contribution in [0.5, 0.6) is 5.75 Å². The number of methoxy groups -OCH3 is 1. The number of nitrogens with zero attached hydrogens (tertiary/aromatic N) is 1. The van der Waals surface area contributed by atoms with E-state index >= 15 is 0 Å². The van der Waals surface area contributed by atoms with Crippen LogP contribution in [0, 0.1) is 5.92 Å². The van der Waals surface area contributed by atoms with Gasteiger partial charge in [0, 0.05) is 13.1 Å². The Morgan fingerprint density at radius 3 is 2.74 bits per heavy atom. The summed E-state index contributed by atoms with van der Waals surface area (Å²) in [5.74, 6) is 1.23. The third-order valence-electron chi connectivity index (χ3n) is 3.58. The highest BCUT2D eigenvalue weighted by Crippen LogP contribution is 2.24. The number of benzene rings is 1. The van der Waals surface area contributed by atoms with Crippen molar-refractivity contribution in [3.63, 3.8) is 0 Å². The van der Waals surface area contributed by atoms with Crippen LogP contribution in [0.1, 0.15) is 12.8 Å². The topological polar surface area (TPSA) is 67.6 Å². The molecule has 5 nitrogen and oxygen atoms in total. The lowest BCUT2D eigenvalue weighted by molar-refractivity contribution is 0.184. The molecule has 3 N–H and O–H groups in total. The Morgan fingerprint density at radius 2 is 2.11 bits per heavy atom. The molecule has 1 heterocycles. The summed E-state index contributed by atoms with van der Waals surface area (Å²) in [6, 6.07) is 7.35. The molecule has 2 amide bonds. The summed E-state index contributed by atoms with van der Waals surface area (Å²) in [5.41, 5.74) is 6.36. The molecule has 0 aliphatic carbocycles. The number of hydrogen-bond donors (Lipinski definition) is 2. The van der Waals surface area contributed by atoms with E-state index in [0.29, 0.717) is 23.9 Å². The van der Waals surface area contributed by atoms with Gasteiger partial charge in [-0.15, -0.1) is 0 Å². The van der Waals surface area contributed by atoms with Crippen LogP contribution >= 0.6 is 0 Å². The second-order valence-electron chi connectivity index (χ2n) is 4.80. The summed E-state index contributed by atoms with van der Waals surface area (Å²) in [5, 5.41) is 2.89. The SMILES string of the molecule is COc1ccccc1NC(=O)N1CCC(CN)CC1. The molecular formula is C14H21N3O2. The summed E-state index contributed by atoms with van der Waals surface area (Å²) in [6.07, 6.45) is 1.96. The van der Waals surface area contributed by atoms with Crippen molar-refractivity contribution in [1.29, 1.82) is 0 Å². The van der Waals surface area contributed by atoms with E-state index in [1.54, 1.807) is 7.11 Å². The largest absolute Gasteiger partial charge is 0.495 e. The zero-order valence-corrected chi connectivity index (χ0v) is 11.3. The van der Waals surface area contributed by atoms with Crippen LogP contribution in [-0.4, -0.2) is 37.7 Å². The molecule has 0 bridgehead atoms. The first-order valence-corrected chi connectivity index (χ1v) is 6.63. The first kappa shape index (κ1) is 13.7. The monoisotopic (exact) mass is 263 g/mol. The Balaban J connectivity index is 1.94. The van der Waals surface area contributed by atoms with E-state index in [4.69, 9.17) is 10.5 Å². The normalized spacial score (nSPS) is 16.2. The van der Waals surface area contributed by atoms with E-state index in [-0.39, 0.29) is 6.03 Å². The highest BCUT2D eigenvalue weighted by molar-refractivity contribution is 5.91. The average Bonchev–Trinajstić information content (AvgIpc) is 2.48. The number of nitrogens with one attached hydrogen (secondary N) is 1. The minimum absolute atomic E-state index is 0.0695. The fourth-order valence-corrected chi connectivity index (χ4v) is 2.31. The molecule has 2 rings (SSSR count). The van der Waals surface area contributed by atoms with Crippen LogP contribution in [0.2, 0.25) is 0 Å². The van der Waals surface area contributed by atoms with Gasteiger partial charge < -0.3 is 20.7 Å². The van der Waals surface area contributed by atoms with Crippen molar-refractivity contribution in [2.24, 2.45) is 11.7 Å². The molecule has 5 heteroatoms. The number of nitrogens with two attached hydrogens (primary N) is 1. The smallest absolute Gasteiger partial charge is 0.321 e. The summed E-state index contributed by atoms with van der Waals surface area (Å²) < 4.78 is 5.22. The third kappa shape index (κ3) is 3.38. The van der Waals surface area contributed by atoms with Crippen molar-refractivity contribution in [2.45, 2.75) is 12.8 Å². The molecule has 19 heavy (non-hydrogen) atoms. The minimum atomic E-state index is -0.0695. The molecule has 1 aliphatic heterocycles. The van der Waals surface area contributed by atoms with Gasteiger partial charge in [-0.3, -0.25) is 0 Å². The lowest BCUT2D eigenvalue weighted by Crippen LogP contribution is -2.42. The number of rotatable bonds is 3. The number of carbonyl (C=O) groups excluding carboxylic acids is 1. The number of urea groups is 1. The van der Waals surface area contributed by atoms with Gasteiger partial charge in [0.1, 0.15) is 5.75 Å². The van der Waals surface area contributed by atoms with Crippen LogP contribution in [0.25, 0.3) is 0 Å². The van der Waals surface area contributed by atoms with E-state index in [1.807, 2.05) is 29.2 Å². The van der Waals surface area contributed by atoms with Crippen LogP contribution in [0.15, 0.2) is 24.3 Å². The Bertz CT molecular complexity index is 428. The Hall–Kier alpha value is -1.75. The van der Waals surface area contributed by atoms with Gasteiger partial charge in [0.2, 0.25) is 0 Å². The summed E-state index contributed by atoms with van der Waals surface area (Å²) in [4.78, 5) is 14.0. The summed E-state index contributed by atoms with van der Waals surface area (Å²) in [7, 11) is 1.59. The van der Waals surface area contributed by atoms with E-state index < -0.39 is 0 Å². The van der Waals surface area contributed by atoms with Gasteiger partial charge in [-0.05, 0) is 37.4 Å². The lowest BCUT2D eigenvalue weighted by Gasteiger charge is -2.31. The van der Waals surface area contributed by atoms with Crippen molar-refractivity contribution in [2.75, 3.05) is 32.1 Å². The van der Waals surface area contributed by atoms with Crippen molar-refractivity contribution in [3.05, 3.63) is 24.3 Å². The number of piperidine rings is 1. The molecule has 0 atom stereocenters.